The number of alkyl halides is 3. The molecule has 1 heterocycles. The van der Waals surface area contributed by atoms with Crippen LogP contribution in [-0.4, -0.2) is 17.9 Å². The summed E-state index contributed by atoms with van der Waals surface area (Å²) in [6.45, 7) is 4.02. The third kappa shape index (κ3) is 3.23. The summed E-state index contributed by atoms with van der Waals surface area (Å²) in [5, 5.41) is 6.07. The van der Waals surface area contributed by atoms with E-state index in [1.165, 1.54) is 0 Å². The molecule has 6 heteroatoms. The van der Waals surface area contributed by atoms with Gasteiger partial charge in [-0.05, 0) is 20.8 Å². The van der Waals surface area contributed by atoms with Crippen LogP contribution in [0.15, 0.2) is 4.52 Å². The molecule has 0 amide bonds. The summed E-state index contributed by atoms with van der Waals surface area (Å²) in [6.07, 6.45) is -4.20. The first-order valence-corrected chi connectivity index (χ1v) is 4.54. The zero-order valence-corrected chi connectivity index (χ0v) is 8.77. The summed E-state index contributed by atoms with van der Waals surface area (Å²) < 4.78 is 40.7. The first kappa shape index (κ1) is 12.0. The summed E-state index contributed by atoms with van der Waals surface area (Å²) >= 11 is 0. The van der Waals surface area contributed by atoms with E-state index in [1.54, 1.807) is 20.8 Å². The quantitative estimate of drug-likeness (QED) is 0.853. The first-order valence-electron chi connectivity index (χ1n) is 4.54. The Bertz CT molecular complexity index is 313. The van der Waals surface area contributed by atoms with Crippen molar-refractivity contribution < 1.29 is 17.7 Å². The van der Waals surface area contributed by atoms with E-state index in [1.807, 2.05) is 0 Å². The zero-order valence-electron chi connectivity index (χ0n) is 8.77. The smallest absolute Gasteiger partial charge is 0.361 e. The average Bonchev–Trinajstić information content (AvgIpc) is 2.41. The van der Waals surface area contributed by atoms with E-state index in [0.29, 0.717) is 17.0 Å². The van der Waals surface area contributed by atoms with Crippen LogP contribution < -0.4 is 5.32 Å². The fourth-order valence-electron chi connectivity index (χ4n) is 1.48. The lowest BCUT2D eigenvalue weighted by molar-refractivity contribution is -0.126. The van der Waals surface area contributed by atoms with Gasteiger partial charge in [-0.25, -0.2) is 0 Å². The maximum Gasteiger partial charge on any atom is 0.401 e. The van der Waals surface area contributed by atoms with Crippen LogP contribution in [0.4, 0.5) is 13.2 Å². The number of aromatic nitrogens is 1. The monoisotopic (exact) mass is 222 g/mol. The fourth-order valence-corrected chi connectivity index (χ4v) is 1.48. The number of hydrogen-bond acceptors (Lipinski definition) is 3. The highest BCUT2D eigenvalue weighted by Gasteiger charge is 2.28. The molecular formula is C9H13F3N2O. The second-order valence-electron chi connectivity index (χ2n) is 3.46. The second kappa shape index (κ2) is 4.22. The summed E-state index contributed by atoms with van der Waals surface area (Å²) in [4.78, 5) is 0. The van der Waals surface area contributed by atoms with Crippen LogP contribution in [0.3, 0.4) is 0 Å². The number of halogens is 3. The van der Waals surface area contributed by atoms with Gasteiger partial charge >= 0.3 is 6.18 Å². The van der Waals surface area contributed by atoms with Gasteiger partial charge in [-0.3, -0.25) is 0 Å². The summed E-state index contributed by atoms with van der Waals surface area (Å²) in [6, 6.07) is -0.419. The minimum absolute atomic E-state index is 0.419. The highest BCUT2D eigenvalue weighted by atomic mass is 19.4. The Balaban J connectivity index is 2.65. The Labute approximate surface area is 85.6 Å². The zero-order chi connectivity index (χ0) is 11.6. The van der Waals surface area contributed by atoms with Crippen molar-refractivity contribution in [3.8, 4) is 0 Å². The molecule has 0 aromatic carbocycles. The van der Waals surface area contributed by atoms with Gasteiger partial charge in [-0.1, -0.05) is 5.16 Å². The van der Waals surface area contributed by atoms with Crippen molar-refractivity contribution in [3.63, 3.8) is 0 Å². The molecule has 0 aliphatic carbocycles. The summed E-state index contributed by atoms with van der Waals surface area (Å²) in [5.41, 5.74) is 1.31. The normalized spacial score (nSPS) is 14.3. The van der Waals surface area contributed by atoms with Crippen LogP contribution in [-0.2, 0) is 0 Å². The molecule has 0 bridgehead atoms. The number of nitrogens with one attached hydrogen (secondary N) is 1. The Hall–Kier alpha value is -1.04. The lowest BCUT2D eigenvalue weighted by Crippen LogP contribution is -2.31. The summed E-state index contributed by atoms with van der Waals surface area (Å²) in [5.74, 6) is 0.551. The number of hydrogen-bond donors (Lipinski definition) is 1. The van der Waals surface area contributed by atoms with Crippen molar-refractivity contribution in [3.05, 3.63) is 17.0 Å². The van der Waals surface area contributed by atoms with Gasteiger partial charge in [0.05, 0.1) is 12.2 Å². The fraction of sp³-hybridized carbons (Fsp3) is 0.667. The second-order valence-corrected chi connectivity index (χ2v) is 3.46. The maximum absolute atomic E-state index is 12.0. The Morgan fingerprint density at radius 2 is 2.00 bits per heavy atom. The van der Waals surface area contributed by atoms with Gasteiger partial charge < -0.3 is 9.84 Å². The molecule has 15 heavy (non-hydrogen) atoms. The minimum Gasteiger partial charge on any atom is -0.361 e. The first-order chi connectivity index (χ1) is 6.81. The molecule has 0 spiro atoms. The largest absolute Gasteiger partial charge is 0.401 e. The van der Waals surface area contributed by atoms with E-state index in [9.17, 15) is 13.2 Å². The van der Waals surface area contributed by atoms with E-state index in [2.05, 4.69) is 10.5 Å². The predicted octanol–water partition coefficient (Wildman–Crippen LogP) is 2.50. The predicted molar refractivity (Wildman–Crippen MR) is 48.4 cm³/mol. The minimum atomic E-state index is -4.20. The third-order valence-corrected chi connectivity index (χ3v) is 2.13. The molecule has 0 saturated heterocycles. The molecule has 1 aromatic rings. The lowest BCUT2D eigenvalue weighted by atomic mass is 10.1. The van der Waals surface area contributed by atoms with E-state index in [4.69, 9.17) is 4.52 Å². The Kier molecular flexibility index (Phi) is 3.38. The highest BCUT2D eigenvalue weighted by molar-refractivity contribution is 5.24. The molecule has 1 aromatic heterocycles. The van der Waals surface area contributed by atoms with Crippen LogP contribution in [0, 0.1) is 13.8 Å². The van der Waals surface area contributed by atoms with Gasteiger partial charge in [0.1, 0.15) is 5.76 Å². The lowest BCUT2D eigenvalue weighted by Gasteiger charge is -2.15. The molecule has 0 saturated carbocycles. The highest BCUT2D eigenvalue weighted by Crippen LogP contribution is 2.22. The van der Waals surface area contributed by atoms with Crippen LogP contribution in [0.1, 0.15) is 30.0 Å². The van der Waals surface area contributed by atoms with Crippen molar-refractivity contribution in [2.75, 3.05) is 6.54 Å². The van der Waals surface area contributed by atoms with Crippen LogP contribution >= 0.6 is 0 Å². The summed E-state index contributed by atoms with van der Waals surface area (Å²) in [7, 11) is 0. The van der Waals surface area contributed by atoms with Gasteiger partial charge in [-0.15, -0.1) is 0 Å². The van der Waals surface area contributed by atoms with Crippen LogP contribution in [0.25, 0.3) is 0 Å². The van der Waals surface area contributed by atoms with Crippen LogP contribution in [0.5, 0.6) is 0 Å². The van der Waals surface area contributed by atoms with E-state index in [-0.39, 0.29) is 0 Å². The van der Waals surface area contributed by atoms with Crippen molar-refractivity contribution >= 4 is 0 Å². The maximum atomic E-state index is 12.0. The van der Waals surface area contributed by atoms with Crippen LogP contribution in [0.2, 0.25) is 0 Å². The SMILES string of the molecule is Cc1noc(C)c1C(C)NCC(F)(F)F. The Morgan fingerprint density at radius 1 is 1.40 bits per heavy atom. The molecule has 0 aliphatic heterocycles. The van der Waals surface area contributed by atoms with Crippen molar-refractivity contribution in [2.45, 2.75) is 33.0 Å². The molecule has 1 N–H and O–H groups in total. The standard InChI is InChI=1S/C9H13F3N2O/c1-5(13-4-9(10,11)12)8-6(2)14-15-7(8)3/h5,13H,4H2,1-3H3. The van der Waals surface area contributed by atoms with Crippen molar-refractivity contribution in [1.82, 2.24) is 10.5 Å². The molecule has 1 unspecified atom stereocenters. The van der Waals surface area contributed by atoms with E-state index in [0.717, 1.165) is 0 Å². The van der Waals surface area contributed by atoms with Gasteiger partial charge in [0.25, 0.3) is 0 Å². The van der Waals surface area contributed by atoms with E-state index < -0.39 is 18.8 Å². The molecule has 3 nitrogen and oxygen atoms in total. The molecule has 1 rings (SSSR count). The number of rotatable bonds is 3. The molecule has 0 radical (unpaired) electrons. The van der Waals surface area contributed by atoms with E-state index >= 15 is 0 Å². The number of nitrogens with zero attached hydrogens (tertiary/aromatic N) is 1. The molecule has 0 aliphatic rings. The third-order valence-electron chi connectivity index (χ3n) is 2.13. The molecule has 0 fully saturated rings. The topological polar surface area (TPSA) is 38.1 Å². The molecule has 86 valence electrons. The van der Waals surface area contributed by atoms with Gasteiger partial charge in [0.15, 0.2) is 0 Å². The average molecular weight is 222 g/mol. The van der Waals surface area contributed by atoms with Crippen molar-refractivity contribution in [1.29, 1.82) is 0 Å². The Morgan fingerprint density at radius 3 is 2.40 bits per heavy atom. The molecular weight excluding hydrogens is 209 g/mol. The number of aryl methyl sites for hydroxylation is 2. The van der Waals surface area contributed by atoms with Crippen molar-refractivity contribution in [2.24, 2.45) is 0 Å². The van der Waals surface area contributed by atoms with Gasteiger partial charge in [0.2, 0.25) is 0 Å². The molecule has 1 atom stereocenters. The van der Waals surface area contributed by atoms with Gasteiger partial charge in [0, 0.05) is 11.6 Å². The van der Waals surface area contributed by atoms with Gasteiger partial charge in [-0.2, -0.15) is 13.2 Å².